The Bertz CT molecular complexity index is 961. The Morgan fingerprint density at radius 3 is 1.18 bits per heavy atom. The highest BCUT2D eigenvalue weighted by atomic mass is 16.6. The zero-order valence-electron chi connectivity index (χ0n) is 36.2. The van der Waals surface area contributed by atoms with Crippen LogP contribution in [-0.2, 0) is 19.1 Å². The molecule has 5 nitrogen and oxygen atoms in total. The van der Waals surface area contributed by atoms with E-state index in [0.717, 1.165) is 70.6 Å². The molecule has 1 unspecified atom stereocenters. The van der Waals surface area contributed by atoms with Crippen LogP contribution >= 0.6 is 0 Å². The van der Waals surface area contributed by atoms with Gasteiger partial charge in [0.15, 0.2) is 6.10 Å². The Balaban J connectivity index is 3.54. The molecule has 0 aromatic heterocycles. The molecule has 5 heteroatoms. The molecule has 0 saturated carbocycles. The minimum absolute atomic E-state index is 0.0672. The summed E-state index contributed by atoms with van der Waals surface area (Å²) < 4.78 is 10.7. The molecule has 0 aliphatic rings. The Morgan fingerprint density at radius 2 is 0.782 bits per heavy atom. The Morgan fingerprint density at radius 1 is 0.436 bits per heavy atom. The number of aliphatic hydroxyl groups excluding tert-OH is 1. The van der Waals surface area contributed by atoms with Gasteiger partial charge in [-0.05, 0) is 57.8 Å². The average Bonchev–Trinajstić information content (AvgIpc) is 3.19. The van der Waals surface area contributed by atoms with Crippen LogP contribution in [0.15, 0.2) is 60.8 Å². The Kier molecular flexibility index (Phi) is 44.0. The highest BCUT2D eigenvalue weighted by Crippen LogP contribution is 2.15. The first kappa shape index (κ1) is 52.6. The molecular weight excluding hydrogens is 681 g/mol. The monoisotopic (exact) mass is 769 g/mol. The standard InChI is InChI=1S/C50H88O5/c1-3-5-7-9-11-13-15-17-19-21-22-23-24-25-26-27-28-29-31-33-35-37-39-41-43-45-50(53)55-48(46-51)47-54-49(52)44-42-40-38-36-34-32-30-20-18-16-14-12-10-8-6-4-2/h5,7,11,13,17,19,22-23,25-26,48,51H,3-4,6,8-10,12,14-16,18,20-21,24,27-47H2,1-2H3/b7-5-,13-11-,19-17-,23-22-,26-25-. The number of ether oxygens (including phenoxy) is 2. The van der Waals surface area contributed by atoms with E-state index in [2.05, 4.69) is 74.6 Å². The second kappa shape index (κ2) is 46.0. The third-order valence-electron chi connectivity index (χ3n) is 10.1. The summed E-state index contributed by atoms with van der Waals surface area (Å²) in [6, 6.07) is 0. The summed E-state index contributed by atoms with van der Waals surface area (Å²) in [6.45, 7) is 4.04. The van der Waals surface area contributed by atoms with E-state index in [1.165, 1.54) is 128 Å². The van der Waals surface area contributed by atoms with Crippen molar-refractivity contribution in [2.75, 3.05) is 13.2 Å². The molecule has 0 aliphatic heterocycles. The van der Waals surface area contributed by atoms with Crippen LogP contribution in [-0.4, -0.2) is 36.4 Å². The van der Waals surface area contributed by atoms with E-state index in [4.69, 9.17) is 9.47 Å². The van der Waals surface area contributed by atoms with Gasteiger partial charge in [0.25, 0.3) is 0 Å². The summed E-state index contributed by atoms with van der Waals surface area (Å²) >= 11 is 0. The predicted molar refractivity (Wildman–Crippen MR) is 237 cm³/mol. The van der Waals surface area contributed by atoms with Gasteiger partial charge in [-0.2, -0.15) is 0 Å². The molecule has 0 spiro atoms. The second-order valence-electron chi connectivity index (χ2n) is 15.5. The fourth-order valence-corrected chi connectivity index (χ4v) is 6.58. The number of hydrogen-bond acceptors (Lipinski definition) is 5. The highest BCUT2D eigenvalue weighted by molar-refractivity contribution is 5.70. The summed E-state index contributed by atoms with van der Waals surface area (Å²) in [6.07, 6.45) is 60.1. The quantitative estimate of drug-likeness (QED) is 0.0380. The lowest BCUT2D eigenvalue weighted by atomic mass is 10.0. The number of hydrogen-bond donors (Lipinski definition) is 1. The number of esters is 2. The normalized spacial score (nSPS) is 12.7. The van der Waals surface area contributed by atoms with Crippen LogP contribution in [0.5, 0.6) is 0 Å². The van der Waals surface area contributed by atoms with E-state index in [0.29, 0.717) is 12.8 Å². The van der Waals surface area contributed by atoms with E-state index in [1.807, 2.05) is 0 Å². The molecular formula is C50H88O5. The summed E-state index contributed by atoms with van der Waals surface area (Å²) in [4.78, 5) is 24.4. The number of unbranched alkanes of at least 4 members (excludes halogenated alkanes) is 24. The molecule has 0 radical (unpaired) electrons. The van der Waals surface area contributed by atoms with E-state index < -0.39 is 6.10 Å². The molecule has 0 rings (SSSR count). The first-order chi connectivity index (χ1) is 27.1. The number of carbonyl (C=O) groups excluding carboxylic acids is 2. The van der Waals surface area contributed by atoms with Gasteiger partial charge in [-0.1, -0.05) is 216 Å². The van der Waals surface area contributed by atoms with Crippen molar-refractivity contribution < 1.29 is 24.2 Å². The van der Waals surface area contributed by atoms with E-state index in [-0.39, 0.29) is 25.2 Å². The van der Waals surface area contributed by atoms with Crippen molar-refractivity contribution >= 4 is 11.9 Å². The molecule has 0 heterocycles. The minimum atomic E-state index is -0.775. The molecule has 55 heavy (non-hydrogen) atoms. The summed E-state index contributed by atoms with van der Waals surface area (Å²) in [5.74, 6) is -0.592. The van der Waals surface area contributed by atoms with Gasteiger partial charge in [-0.25, -0.2) is 0 Å². The summed E-state index contributed by atoms with van der Waals surface area (Å²) in [5, 5.41) is 9.60. The molecule has 0 amide bonds. The van der Waals surface area contributed by atoms with Crippen LogP contribution in [0.4, 0.5) is 0 Å². The van der Waals surface area contributed by atoms with Crippen LogP contribution in [0, 0.1) is 0 Å². The zero-order valence-corrected chi connectivity index (χ0v) is 36.2. The van der Waals surface area contributed by atoms with Crippen molar-refractivity contribution in [3.05, 3.63) is 60.8 Å². The largest absolute Gasteiger partial charge is 0.462 e. The van der Waals surface area contributed by atoms with Gasteiger partial charge in [-0.3, -0.25) is 9.59 Å². The molecule has 318 valence electrons. The zero-order chi connectivity index (χ0) is 40.0. The van der Waals surface area contributed by atoms with Crippen LogP contribution in [0.2, 0.25) is 0 Å². The van der Waals surface area contributed by atoms with E-state index >= 15 is 0 Å². The van der Waals surface area contributed by atoms with Gasteiger partial charge in [0.1, 0.15) is 6.61 Å². The molecule has 1 atom stereocenters. The van der Waals surface area contributed by atoms with Crippen molar-refractivity contribution in [2.45, 2.75) is 232 Å². The molecule has 0 saturated heterocycles. The fourth-order valence-electron chi connectivity index (χ4n) is 6.58. The topological polar surface area (TPSA) is 72.8 Å². The average molecular weight is 769 g/mol. The van der Waals surface area contributed by atoms with Crippen LogP contribution < -0.4 is 0 Å². The molecule has 1 N–H and O–H groups in total. The fraction of sp³-hybridized carbons (Fsp3) is 0.760. The van der Waals surface area contributed by atoms with Gasteiger partial charge >= 0.3 is 11.9 Å². The van der Waals surface area contributed by atoms with E-state index in [1.54, 1.807) is 0 Å². The smallest absolute Gasteiger partial charge is 0.306 e. The molecule has 0 bridgehead atoms. The maximum absolute atomic E-state index is 12.2. The van der Waals surface area contributed by atoms with Gasteiger partial charge in [-0.15, -0.1) is 0 Å². The number of allylic oxidation sites excluding steroid dienone is 10. The SMILES string of the molecule is CC/C=C\C/C=C\C/C=C\C/C=C\C/C=C\CCCCCCCCCCCC(=O)OC(CO)COC(=O)CCCCCCCCCCCCCCCCCC. The van der Waals surface area contributed by atoms with Crippen LogP contribution in [0.3, 0.4) is 0 Å². The maximum atomic E-state index is 12.2. The van der Waals surface area contributed by atoms with Gasteiger partial charge < -0.3 is 14.6 Å². The first-order valence-corrected chi connectivity index (χ1v) is 23.3. The molecule has 0 aliphatic carbocycles. The summed E-state index contributed by atoms with van der Waals surface area (Å²) in [5.41, 5.74) is 0. The lowest BCUT2D eigenvalue weighted by Gasteiger charge is -2.15. The lowest BCUT2D eigenvalue weighted by Crippen LogP contribution is -2.28. The highest BCUT2D eigenvalue weighted by Gasteiger charge is 2.16. The molecule has 0 fully saturated rings. The van der Waals surface area contributed by atoms with E-state index in [9.17, 15) is 14.7 Å². The second-order valence-corrected chi connectivity index (χ2v) is 15.5. The van der Waals surface area contributed by atoms with Crippen molar-refractivity contribution in [3.63, 3.8) is 0 Å². The Hall–Kier alpha value is -2.40. The van der Waals surface area contributed by atoms with Crippen molar-refractivity contribution in [3.8, 4) is 0 Å². The third kappa shape index (κ3) is 44.2. The van der Waals surface area contributed by atoms with Crippen molar-refractivity contribution in [2.24, 2.45) is 0 Å². The number of rotatable bonds is 42. The molecule has 0 aromatic rings. The number of aliphatic hydroxyl groups is 1. The maximum Gasteiger partial charge on any atom is 0.306 e. The van der Waals surface area contributed by atoms with Crippen LogP contribution in [0.1, 0.15) is 226 Å². The number of carbonyl (C=O) groups is 2. The van der Waals surface area contributed by atoms with Gasteiger partial charge in [0.2, 0.25) is 0 Å². The van der Waals surface area contributed by atoms with Crippen LogP contribution in [0.25, 0.3) is 0 Å². The van der Waals surface area contributed by atoms with Crippen molar-refractivity contribution in [1.29, 1.82) is 0 Å². The Labute approximate surface area is 341 Å². The lowest BCUT2D eigenvalue weighted by molar-refractivity contribution is -0.161. The van der Waals surface area contributed by atoms with Gasteiger partial charge in [0, 0.05) is 12.8 Å². The van der Waals surface area contributed by atoms with Gasteiger partial charge in [0.05, 0.1) is 6.61 Å². The molecule has 0 aromatic carbocycles. The van der Waals surface area contributed by atoms with Crippen molar-refractivity contribution in [1.82, 2.24) is 0 Å². The first-order valence-electron chi connectivity index (χ1n) is 23.3. The minimum Gasteiger partial charge on any atom is -0.462 e. The predicted octanol–water partition coefficient (Wildman–Crippen LogP) is 15.1. The third-order valence-corrected chi connectivity index (χ3v) is 10.1. The summed E-state index contributed by atoms with van der Waals surface area (Å²) in [7, 11) is 0.